The van der Waals surface area contributed by atoms with Crippen LogP contribution in [0.4, 0.5) is 0 Å². The lowest BCUT2D eigenvalue weighted by molar-refractivity contribution is 0.648. The van der Waals surface area contributed by atoms with E-state index in [-0.39, 0.29) is 5.56 Å². The van der Waals surface area contributed by atoms with Crippen LogP contribution < -0.4 is 5.56 Å². The molecule has 114 valence electrons. The smallest absolute Gasteiger partial charge is 0.262 e. The summed E-state index contributed by atoms with van der Waals surface area (Å²) in [6.45, 7) is 4.90. The van der Waals surface area contributed by atoms with Gasteiger partial charge in [0.15, 0.2) is 0 Å². The topological polar surface area (TPSA) is 34.9 Å². The molecule has 5 heteroatoms. The molecule has 2 aromatic heterocycles. The molecule has 0 atom stereocenters. The van der Waals surface area contributed by atoms with Gasteiger partial charge in [-0.05, 0) is 30.5 Å². The Morgan fingerprint density at radius 3 is 2.59 bits per heavy atom. The molecule has 2 heterocycles. The average Bonchev–Trinajstić information content (AvgIpc) is 2.90. The van der Waals surface area contributed by atoms with E-state index < -0.39 is 0 Å². The number of halogens is 1. The van der Waals surface area contributed by atoms with Gasteiger partial charge in [0.2, 0.25) is 0 Å². The Bertz CT molecular complexity index is 865. The Kier molecular flexibility index (Phi) is 4.45. The second kappa shape index (κ2) is 6.34. The van der Waals surface area contributed by atoms with E-state index >= 15 is 0 Å². The molecular weight excluding hydrogens is 360 g/mol. The second-order valence-corrected chi connectivity index (χ2v) is 7.18. The first-order valence-electron chi connectivity index (χ1n) is 7.42. The van der Waals surface area contributed by atoms with Gasteiger partial charge < -0.3 is 0 Å². The number of hydrogen-bond donors (Lipinski definition) is 0. The first kappa shape index (κ1) is 15.4. The summed E-state index contributed by atoms with van der Waals surface area (Å²) in [6, 6.07) is 8.14. The van der Waals surface area contributed by atoms with Gasteiger partial charge in [0.1, 0.15) is 4.83 Å². The number of nitrogens with zero attached hydrogens (tertiary/aromatic N) is 2. The van der Waals surface area contributed by atoms with Crippen molar-refractivity contribution in [2.45, 2.75) is 33.2 Å². The number of rotatable bonds is 4. The highest BCUT2D eigenvalue weighted by molar-refractivity contribution is 9.10. The van der Waals surface area contributed by atoms with Crippen molar-refractivity contribution < 1.29 is 0 Å². The minimum absolute atomic E-state index is 0.0701. The highest BCUT2D eigenvalue weighted by atomic mass is 79.9. The molecule has 0 N–H and O–H groups in total. The highest BCUT2D eigenvalue weighted by Gasteiger charge is 2.17. The summed E-state index contributed by atoms with van der Waals surface area (Å²) in [5.41, 5.74) is 2.21. The maximum Gasteiger partial charge on any atom is 0.262 e. The molecule has 0 spiro atoms. The Morgan fingerprint density at radius 2 is 1.95 bits per heavy atom. The summed E-state index contributed by atoms with van der Waals surface area (Å²) in [5.74, 6) is 0. The van der Waals surface area contributed by atoms with E-state index in [1.807, 2.05) is 12.1 Å². The van der Waals surface area contributed by atoms with E-state index in [9.17, 15) is 4.79 Å². The lowest BCUT2D eigenvalue weighted by Gasteiger charge is -2.06. The molecule has 0 aliphatic rings. The molecule has 0 fully saturated rings. The summed E-state index contributed by atoms with van der Waals surface area (Å²) >= 11 is 5.09. The van der Waals surface area contributed by atoms with Crippen molar-refractivity contribution >= 4 is 37.5 Å². The maximum absolute atomic E-state index is 12.8. The van der Waals surface area contributed by atoms with Gasteiger partial charge in [-0.1, -0.05) is 41.9 Å². The zero-order valence-electron chi connectivity index (χ0n) is 12.6. The summed E-state index contributed by atoms with van der Waals surface area (Å²) < 4.78 is 2.76. The molecule has 0 saturated carbocycles. The van der Waals surface area contributed by atoms with Crippen LogP contribution in [0.3, 0.4) is 0 Å². The van der Waals surface area contributed by atoms with Crippen molar-refractivity contribution in [1.29, 1.82) is 0 Å². The van der Waals surface area contributed by atoms with E-state index in [1.54, 1.807) is 22.2 Å². The molecular formula is C17H17BrN2OS. The van der Waals surface area contributed by atoms with Crippen molar-refractivity contribution in [2.75, 3.05) is 0 Å². The highest BCUT2D eigenvalue weighted by Crippen LogP contribution is 2.36. The van der Waals surface area contributed by atoms with Gasteiger partial charge in [-0.3, -0.25) is 9.36 Å². The van der Waals surface area contributed by atoms with Crippen molar-refractivity contribution in [1.82, 2.24) is 9.55 Å². The number of hydrogen-bond acceptors (Lipinski definition) is 3. The molecule has 0 radical (unpaired) electrons. The lowest BCUT2D eigenvalue weighted by Crippen LogP contribution is -2.20. The largest absolute Gasteiger partial charge is 0.299 e. The van der Waals surface area contributed by atoms with Crippen molar-refractivity contribution in [3.8, 4) is 11.1 Å². The average molecular weight is 377 g/mol. The maximum atomic E-state index is 12.8. The monoisotopic (exact) mass is 376 g/mol. The molecule has 3 nitrogen and oxygen atoms in total. The van der Waals surface area contributed by atoms with Crippen LogP contribution in [0.5, 0.6) is 0 Å². The zero-order valence-corrected chi connectivity index (χ0v) is 15.0. The molecule has 0 aliphatic carbocycles. The normalized spacial score (nSPS) is 11.2. The molecule has 3 aromatic rings. The fourth-order valence-electron chi connectivity index (χ4n) is 2.64. The van der Waals surface area contributed by atoms with Gasteiger partial charge in [0, 0.05) is 21.5 Å². The molecule has 3 rings (SSSR count). The van der Waals surface area contributed by atoms with Gasteiger partial charge >= 0.3 is 0 Å². The summed E-state index contributed by atoms with van der Waals surface area (Å²) in [6.07, 6.45) is 3.50. The number of thiophene rings is 1. The molecule has 1 aromatic carbocycles. The number of fused-ring (bicyclic) bond motifs is 1. The van der Waals surface area contributed by atoms with E-state index in [0.717, 1.165) is 38.7 Å². The predicted molar refractivity (Wildman–Crippen MR) is 96.7 cm³/mol. The Hall–Kier alpha value is -1.46. The predicted octanol–water partition coefficient (Wildman–Crippen LogP) is 4.86. The van der Waals surface area contributed by atoms with Gasteiger partial charge in [-0.25, -0.2) is 4.98 Å². The van der Waals surface area contributed by atoms with E-state index in [0.29, 0.717) is 6.54 Å². The molecule has 0 bridgehead atoms. The minimum Gasteiger partial charge on any atom is -0.299 e. The van der Waals surface area contributed by atoms with Crippen LogP contribution in [-0.2, 0) is 13.0 Å². The molecule has 0 aliphatic heterocycles. The number of aryl methyl sites for hydroxylation is 2. The molecule has 0 saturated heterocycles. The fraction of sp³-hybridized carbons (Fsp3) is 0.294. The summed E-state index contributed by atoms with van der Waals surface area (Å²) in [7, 11) is 0. The molecule has 22 heavy (non-hydrogen) atoms. The van der Waals surface area contributed by atoms with E-state index in [2.05, 4.69) is 46.9 Å². The van der Waals surface area contributed by atoms with Crippen LogP contribution in [0.1, 0.15) is 25.1 Å². The first-order chi connectivity index (χ1) is 10.7. The molecule has 0 amide bonds. The quantitative estimate of drug-likeness (QED) is 0.651. The van der Waals surface area contributed by atoms with Crippen molar-refractivity contribution in [3.63, 3.8) is 0 Å². The van der Waals surface area contributed by atoms with Gasteiger partial charge in [0.25, 0.3) is 5.56 Å². The first-order valence-corrected chi connectivity index (χ1v) is 9.03. The van der Waals surface area contributed by atoms with E-state index in [1.165, 1.54) is 4.88 Å². The van der Waals surface area contributed by atoms with Gasteiger partial charge in [0.05, 0.1) is 11.7 Å². The summed E-state index contributed by atoms with van der Waals surface area (Å²) in [4.78, 5) is 19.4. The lowest BCUT2D eigenvalue weighted by atomic mass is 10.0. The van der Waals surface area contributed by atoms with Crippen LogP contribution in [0.2, 0.25) is 0 Å². The third-order valence-corrected chi connectivity index (χ3v) is 5.44. The third-order valence-electron chi connectivity index (χ3n) is 3.67. The third kappa shape index (κ3) is 2.63. The van der Waals surface area contributed by atoms with Crippen molar-refractivity contribution in [3.05, 3.63) is 50.3 Å². The summed E-state index contributed by atoms with van der Waals surface area (Å²) in [5, 5.41) is 0.764. The Balaban J connectivity index is 2.33. The standard InChI is InChI=1S/C17H17BrN2OS/c1-3-9-20-10-19-16-15(17(20)21)14(13(4-2)22-16)11-5-7-12(18)8-6-11/h5-8,10H,3-4,9H2,1-2H3. The number of benzene rings is 1. The van der Waals surface area contributed by atoms with Crippen LogP contribution in [-0.4, -0.2) is 9.55 Å². The van der Waals surface area contributed by atoms with Crippen molar-refractivity contribution in [2.24, 2.45) is 0 Å². The Morgan fingerprint density at radius 1 is 1.23 bits per heavy atom. The van der Waals surface area contributed by atoms with Gasteiger partial charge in [-0.15, -0.1) is 11.3 Å². The zero-order chi connectivity index (χ0) is 15.7. The van der Waals surface area contributed by atoms with Crippen LogP contribution in [0, 0.1) is 0 Å². The van der Waals surface area contributed by atoms with Gasteiger partial charge in [-0.2, -0.15) is 0 Å². The second-order valence-electron chi connectivity index (χ2n) is 5.18. The van der Waals surface area contributed by atoms with Crippen LogP contribution in [0.15, 0.2) is 39.9 Å². The SMILES string of the molecule is CCCn1cnc2sc(CC)c(-c3ccc(Br)cc3)c2c1=O. The number of aromatic nitrogens is 2. The minimum atomic E-state index is 0.0701. The van der Waals surface area contributed by atoms with Crippen LogP contribution >= 0.6 is 27.3 Å². The van der Waals surface area contributed by atoms with E-state index in [4.69, 9.17) is 0 Å². The fourth-order valence-corrected chi connectivity index (χ4v) is 4.00. The van der Waals surface area contributed by atoms with Crippen LogP contribution in [0.25, 0.3) is 21.3 Å². The molecule has 0 unspecified atom stereocenters. The Labute approximate surface area is 141 Å².